The number of anilines is 3. The summed E-state index contributed by atoms with van der Waals surface area (Å²) in [5, 5.41) is 5.06. The van der Waals surface area contributed by atoms with Gasteiger partial charge >= 0.3 is 0 Å². The molecule has 0 saturated heterocycles. The first-order chi connectivity index (χ1) is 26.8. The van der Waals surface area contributed by atoms with Gasteiger partial charge in [0.2, 0.25) is 0 Å². The van der Waals surface area contributed by atoms with Crippen LogP contribution in [0.4, 0.5) is 17.1 Å². The number of benzene rings is 9. The highest BCUT2D eigenvalue weighted by Gasteiger charge is 2.24. The maximum absolute atomic E-state index is 2.48. The van der Waals surface area contributed by atoms with Gasteiger partial charge in [-0.3, -0.25) is 0 Å². The second kappa shape index (κ2) is 12.2. The third kappa shape index (κ3) is 4.74. The summed E-state index contributed by atoms with van der Waals surface area (Å²) in [6, 6.07) is 75.3. The molecule has 2 nitrogen and oxygen atoms in total. The molecule has 252 valence electrons. The van der Waals surface area contributed by atoms with E-state index in [4.69, 9.17) is 0 Å². The monoisotopic (exact) mass is 686 g/mol. The van der Waals surface area contributed by atoms with Crippen molar-refractivity contribution in [2.24, 2.45) is 0 Å². The minimum Gasteiger partial charge on any atom is -0.310 e. The van der Waals surface area contributed by atoms with Crippen molar-refractivity contribution in [1.29, 1.82) is 0 Å². The molecule has 0 bridgehead atoms. The smallest absolute Gasteiger partial charge is 0.0547 e. The number of hydrogen-bond donors (Lipinski definition) is 0. The Morgan fingerprint density at radius 3 is 1.57 bits per heavy atom. The molecule has 0 amide bonds. The minimum atomic E-state index is 1.09. The summed E-state index contributed by atoms with van der Waals surface area (Å²) in [4.78, 5) is 2.37. The quantitative estimate of drug-likeness (QED) is 0.175. The van der Waals surface area contributed by atoms with Gasteiger partial charge < -0.3 is 9.47 Å². The van der Waals surface area contributed by atoms with Gasteiger partial charge in [-0.25, -0.2) is 0 Å². The molecule has 0 atom stereocenters. The average Bonchev–Trinajstić information content (AvgIpc) is 3.51. The molecule has 0 fully saturated rings. The lowest BCUT2D eigenvalue weighted by Crippen LogP contribution is -2.10. The van der Waals surface area contributed by atoms with Crippen LogP contribution < -0.4 is 4.90 Å². The van der Waals surface area contributed by atoms with E-state index in [-0.39, 0.29) is 0 Å². The van der Waals surface area contributed by atoms with Gasteiger partial charge in [0.1, 0.15) is 0 Å². The van der Waals surface area contributed by atoms with Gasteiger partial charge in [-0.2, -0.15) is 0 Å². The fourth-order valence-corrected chi connectivity index (χ4v) is 8.73. The summed E-state index contributed by atoms with van der Waals surface area (Å²) < 4.78 is 2.48. The first-order valence-electron chi connectivity index (χ1n) is 18.6. The zero-order valence-corrected chi connectivity index (χ0v) is 29.5. The normalized spacial score (nSPS) is 11.7. The molecule has 0 aliphatic heterocycles. The van der Waals surface area contributed by atoms with E-state index in [0.717, 1.165) is 28.3 Å². The molecule has 9 aromatic carbocycles. The third-order valence-corrected chi connectivity index (χ3v) is 11.1. The van der Waals surface area contributed by atoms with E-state index < -0.39 is 0 Å². The number of fused-ring (bicyclic) bond motifs is 8. The Balaban J connectivity index is 1.24. The Hall–Kier alpha value is -7.16. The highest BCUT2D eigenvalue weighted by Crippen LogP contribution is 2.50. The van der Waals surface area contributed by atoms with E-state index in [1.165, 1.54) is 71.5 Å². The van der Waals surface area contributed by atoms with Gasteiger partial charge in [-0.1, -0.05) is 146 Å². The van der Waals surface area contributed by atoms with Crippen LogP contribution in [0.2, 0.25) is 0 Å². The van der Waals surface area contributed by atoms with Crippen molar-refractivity contribution < 1.29 is 0 Å². The van der Waals surface area contributed by atoms with E-state index in [1.54, 1.807) is 0 Å². The largest absolute Gasteiger partial charge is 0.310 e. The summed E-state index contributed by atoms with van der Waals surface area (Å²) in [5.41, 5.74) is 16.7. The highest BCUT2D eigenvalue weighted by atomic mass is 15.1. The number of para-hydroxylation sites is 3. The fourth-order valence-electron chi connectivity index (χ4n) is 8.73. The lowest BCUT2D eigenvalue weighted by Gasteiger charge is -2.27. The molecule has 0 saturated carbocycles. The van der Waals surface area contributed by atoms with Crippen molar-refractivity contribution in [2.75, 3.05) is 4.90 Å². The lowest BCUT2D eigenvalue weighted by atomic mass is 9.92. The van der Waals surface area contributed by atoms with Crippen molar-refractivity contribution in [3.8, 4) is 50.2 Å². The van der Waals surface area contributed by atoms with Gasteiger partial charge in [0, 0.05) is 33.5 Å². The summed E-state index contributed by atoms with van der Waals surface area (Å²) in [7, 11) is 0. The molecule has 1 aromatic heterocycles. The van der Waals surface area contributed by atoms with E-state index in [2.05, 4.69) is 216 Å². The summed E-state index contributed by atoms with van der Waals surface area (Å²) >= 11 is 0. The molecule has 10 aromatic rings. The molecule has 0 spiro atoms. The number of nitrogens with zero attached hydrogens (tertiary/aromatic N) is 2. The Kier molecular flexibility index (Phi) is 6.90. The van der Waals surface area contributed by atoms with Crippen LogP contribution in [0, 0.1) is 0 Å². The van der Waals surface area contributed by atoms with Gasteiger partial charge in [-0.15, -0.1) is 0 Å². The van der Waals surface area contributed by atoms with Crippen LogP contribution in [0.5, 0.6) is 0 Å². The Bertz CT molecular complexity index is 2990. The van der Waals surface area contributed by atoms with Gasteiger partial charge in [0.05, 0.1) is 11.0 Å². The van der Waals surface area contributed by atoms with Crippen LogP contribution in [-0.4, -0.2) is 4.57 Å². The minimum absolute atomic E-state index is 1.09. The number of aromatic nitrogens is 1. The summed E-state index contributed by atoms with van der Waals surface area (Å²) in [6.45, 7) is 0. The fraction of sp³-hybridized carbons (Fsp3) is 0. The Morgan fingerprint density at radius 2 is 0.870 bits per heavy atom. The molecule has 1 heterocycles. The third-order valence-electron chi connectivity index (χ3n) is 11.1. The molecule has 0 N–H and O–H groups in total. The number of hydrogen-bond acceptors (Lipinski definition) is 1. The van der Waals surface area contributed by atoms with E-state index in [9.17, 15) is 0 Å². The van der Waals surface area contributed by atoms with Crippen LogP contribution in [0.25, 0.3) is 82.8 Å². The van der Waals surface area contributed by atoms with Gasteiger partial charge in [-0.05, 0) is 116 Å². The second-order valence-electron chi connectivity index (χ2n) is 14.1. The molecule has 54 heavy (non-hydrogen) atoms. The predicted molar refractivity (Wildman–Crippen MR) is 228 cm³/mol. The first-order valence-corrected chi connectivity index (χ1v) is 18.6. The molecule has 1 aliphatic rings. The van der Waals surface area contributed by atoms with Crippen LogP contribution in [0.3, 0.4) is 0 Å². The molecule has 2 heteroatoms. The molecule has 0 radical (unpaired) electrons. The number of rotatable bonds is 5. The van der Waals surface area contributed by atoms with Gasteiger partial charge in [0.15, 0.2) is 0 Å². The molecule has 0 unspecified atom stereocenters. The van der Waals surface area contributed by atoms with Crippen molar-refractivity contribution >= 4 is 49.6 Å². The highest BCUT2D eigenvalue weighted by molar-refractivity contribution is 6.18. The Morgan fingerprint density at radius 1 is 0.315 bits per heavy atom. The van der Waals surface area contributed by atoms with Crippen LogP contribution in [0.1, 0.15) is 0 Å². The topological polar surface area (TPSA) is 8.17 Å². The van der Waals surface area contributed by atoms with E-state index in [0.29, 0.717) is 0 Å². The lowest BCUT2D eigenvalue weighted by molar-refractivity contribution is 1.17. The maximum atomic E-state index is 2.48. The molecular formula is C52H34N2. The first kappa shape index (κ1) is 30.5. The average molecular weight is 687 g/mol. The summed E-state index contributed by atoms with van der Waals surface area (Å²) in [5.74, 6) is 0. The molecular weight excluding hydrogens is 653 g/mol. The van der Waals surface area contributed by atoms with E-state index in [1.807, 2.05) is 0 Å². The van der Waals surface area contributed by atoms with Crippen LogP contribution in [-0.2, 0) is 0 Å². The standard InChI is InChI=1S/C52H34N2/c1-4-16-35(17-5-1)37-30-40(53(38-20-6-2-7-21-38)39-22-8-3-9-23-39)32-41(31-37)54-50-29-13-12-26-44(50)49-33-47-46-28-15-19-36-18-14-27-45(52(36)46)42-24-10-11-25-43(42)48(47)34-51(49)54/h1-34H. The Labute approximate surface area is 314 Å². The van der Waals surface area contributed by atoms with Crippen molar-refractivity contribution in [2.45, 2.75) is 0 Å². The van der Waals surface area contributed by atoms with Crippen molar-refractivity contribution in [3.05, 3.63) is 206 Å². The van der Waals surface area contributed by atoms with Crippen LogP contribution in [0.15, 0.2) is 206 Å². The van der Waals surface area contributed by atoms with E-state index >= 15 is 0 Å². The second-order valence-corrected chi connectivity index (χ2v) is 14.1. The zero-order chi connectivity index (χ0) is 35.6. The SMILES string of the molecule is c1ccc(-c2cc(N(c3ccccc3)c3ccccc3)cc(-n3c4ccccc4c4cc5c(cc43)-c3ccccc3-c3cccc4cccc-5c34)c2)cc1. The molecule has 1 aliphatic carbocycles. The van der Waals surface area contributed by atoms with Gasteiger partial charge in [0.25, 0.3) is 0 Å². The summed E-state index contributed by atoms with van der Waals surface area (Å²) in [6.07, 6.45) is 0. The maximum Gasteiger partial charge on any atom is 0.0547 e. The van der Waals surface area contributed by atoms with Crippen LogP contribution >= 0.6 is 0 Å². The predicted octanol–water partition coefficient (Wildman–Crippen LogP) is 14.4. The molecule has 11 rings (SSSR count). The van der Waals surface area contributed by atoms with Crippen molar-refractivity contribution in [3.63, 3.8) is 0 Å². The van der Waals surface area contributed by atoms with Crippen molar-refractivity contribution in [1.82, 2.24) is 4.57 Å². The zero-order valence-electron chi connectivity index (χ0n) is 29.5.